The number of carbonyl (C=O) groups is 1. The van der Waals surface area contributed by atoms with E-state index in [1.807, 2.05) is 43.4 Å². The lowest BCUT2D eigenvalue weighted by atomic mass is 9.90. The third-order valence-electron chi connectivity index (χ3n) is 5.41. The zero-order valence-electron chi connectivity index (χ0n) is 18.7. The van der Waals surface area contributed by atoms with Crippen molar-refractivity contribution in [1.82, 2.24) is 10.2 Å². The van der Waals surface area contributed by atoms with Crippen molar-refractivity contribution >= 4 is 39.9 Å². The number of amides is 1. The molecule has 0 unspecified atom stereocenters. The molecule has 0 saturated carbocycles. The molecule has 5 nitrogen and oxygen atoms in total. The van der Waals surface area contributed by atoms with E-state index >= 15 is 0 Å². The predicted molar refractivity (Wildman–Crippen MR) is 131 cm³/mol. The Morgan fingerprint density at radius 2 is 1.88 bits per heavy atom. The molecule has 33 heavy (non-hydrogen) atoms. The number of rotatable bonds is 8. The molecular formula is C24H27F3IN3O2. The van der Waals surface area contributed by atoms with Crippen LogP contribution in [-0.4, -0.2) is 46.7 Å². The molecule has 0 spiro atoms. The van der Waals surface area contributed by atoms with Crippen LogP contribution in [0.25, 0.3) is 0 Å². The van der Waals surface area contributed by atoms with Crippen LogP contribution in [0.15, 0.2) is 42.5 Å². The molecule has 2 aromatic rings. The van der Waals surface area contributed by atoms with Gasteiger partial charge in [0.15, 0.2) is 11.6 Å². The molecule has 178 valence electrons. The molecule has 0 bridgehead atoms. The largest absolute Gasteiger partial charge is 0.385 e. The Hall–Kier alpha value is -2.11. The minimum atomic E-state index is -1.28. The third-order valence-corrected chi connectivity index (χ3v) is 6.08. The maximum atomic E-state index is 14.6. The van der Waals surface area contributed by atoms with E-state index in [-0.39, 0.29) is 36.4 Å². The van der Waals surface area contributed by atoms with Gasteiger partial charge >= 0.3 is 0 Å². The quantitative estimate of drug-likeness (QED) is 0.308. The number of hydrogen-bond donors (Lipinski definition) is 3. The minimum Gasteiger partial charge on any atom is -0.385 e. The minimum absolute atomic E-state index is 0.0261. The van der Waals surface area contributed by atoms with Crippen LogP contribution in [0.1, 0.15) is 37.6 Å². The van der Waals surface area contributed by atoms with Gasteiger partial charge in [-0.15, -0.1) is 6.58 Å². The number of carbonyl (C=O) groups excluding carboxylic acids is 1. The van der Waals surface area contributed by atoms with Crippen molar-refractivity contribution in [3.8, 4) is 0 Å². The first-order valence-corrected chi connectivity index (χ1v) is 11.5. The van der Waals surface area contributed by atoms with Gasteiger partial charge in [-0.2, -0.15) is 0 Å². The van der Waals surface area contributed by atoms with Gasteiger partial charge in [0.1, 0.15) is 11.4 Å². The molecule has 1 aliphatic heterocycles. The number of hydrogen-bond acceptors (Lipinski definition) is 4. The van der Waals surface area contributed by atoms with E-state index < -0.39 is 34.6 Å². The van der Waals surface area contributed by atoms with Crippen molar-refractivity contribution in [1.29, 1.82) is 0 Å². The van der Waals surface area contributed by atoms with Gasteiger partial charge < -0.3 is 20.6 Å². The fourth-order valence-electron chi connectivity index (χ4n) is 3.89. The van der Waals surface area contributed by atoms with Gasteiger partial charge in [0, 0.05) is 15.7 Å². The maximum Gasteiger partial charge on any atom is 0.256 e. The summed E-state index contributed by atoms with van der Waals surface area (Å²) in [7, 11) is 0. The molecular weight excluding hydrogens is 546 g/mol. The van der Waals surface area contributed by atoms with E-state index in [0.29, 0.717) is 3.57 Å². The Morgan fingerprint density at radius 1 is 1.21 bits per heavy atom. The first kappa shape index (κ1) is 25.5. The fraction of sp³-hybridized carbons (Fsp3) is 0.375. The molecule has 0 radical (unpaired) electrons. The molecule has 9 heteroatoms. The SMILES string of the molecule is C=C(C)CC(C)(C)NCC1(O)CN(C(=O)c2ccc(F)c(F)c2Nc2ccc(I)cc2F)C1. The molecule has 3 rings (SSSR count). The number of likely N-dealkylation sites (tertiary alicyclic amines) is 1. The molecule has 1 fully saturated rings. The number of aliphatic hydroxyl groups is 1. The van der Waals surface area contributed by atoms with E-state index in [4.69, 9.17) is 0 Å². The van der Waals surface area contributed by atoms with Gasteiger partial charge in [0.25, 0.3) is 5.91 Å². The van der Waals surface area contributed by atoms with Gasteiger partial charge in [-0.3, -0.25) is 4.79 Å². The van der Waals surface area contributed by atoms with Gasteiger partial charge in [-0.05, 0) is 80.1 Å². The van der Waals surface area contributed by atoms with Crippen molar-refractivity contribution in [2.24, 2.45) is 0 Å². The molecule has 2 aromatic carbocycles. The van der Waals surface area contributed by atoms with Crippen LogP contribution < -0.4 is 10.6 Å². The lowest BCUT2D eigenvalue weighted by molar-refractivity contribution is -0.0815. The Morgan fingerprint density at radius 3 is 2.48 bits per heavy atom. The summed E-state index contributed by atoms with van der Waals surface area (Å²) < 4.78 is 43.4. The highest BCUT2D eigenvalue weighted by atomic mass is 127. The summed E-state index contributed by atoms with van der Waals surface area (Å²) in [4.78, 5) is 14.4. The summed E-state index contributed by atoms with van der Waals surface area (Å²) in [5, 5.41) is 16.6. The van der Waals surface area contributed by atoms with E-state index in [9.17, 15) is 23.1 Å². The lowest BCUT2D eigenvalue weighted by Crippen LogP contribution is -2.68. The highest BCUT2D eigenvalue weighted by molar-refractivity contribution is 14.1. The van der Waals surface area contributed by atoms with Crippen molar-refractivity contribution in [2.45, 2.75) is 38.3 Å². The van der Waals surface area contributed by atoms with E-state index in [1.165, 1.54) is 17.0 Å². The molecule has 0 aromatic heterocycles. The van der Waals surface area contributed by atoms with Crippen molar-refractivity contribution in [3.05, 3.63) is 69.1 Å². The summed E-state index contributed by atoms with van der Waals surface area (Å²) in [6.07, 6.45) is 0.727. The zero-order valence-corrected chi connectivity index (χ0v) is 20.9. The maximum absolute atomic E-state index is 14.6. The van der Waals surface area contributed by atoms with Gasteiger partial charge in [0.2, 0.25) is 0 Å². The number of β-amino-alcohol motifs (C(OH)–C–C–N with tert-alkyl or cyclic N) is 1. The highest BCUT2D eigenvalue weighted by Crippen LogP contribution is 2.32. The average Bonchev–Trinajstić information content (AvgIpc) is 2.68. The number of nitrogens with one attached hydrogen (secondary N) is 2. The zero-order chi connectivity index (χ0) is 24.6. The Balaban J connectivity index is 1.75. The second-order valence-electron chi connectivity index (χ2n) is 9.29. The average molecular weight is 573 g/mol. The number of halogens is 4. The van der Waals surface area contributed by atoms with Crippen LogP contribution in [-0.2, 0) is 0 Å². The van der Waals surface area contributed by atoms with Crippen LogP contribution in [0.3, 0.4) is 0 Å². The number of nitrogens with zero attached hydrogens (tertiary/aromatic N) is 1. The van der Waals surface area contributed by atoms with Gasteiger partial charge in [-0.25, -0.2) is 13.2 Å². The molecule has 1 heterocycles. The monoisotopic (exact) mass is 573 g/mol. The van der Waals surface area contributed by atoms with Crippen LogP contribution >= 0.6 is 22.6 Å². The van der Waals surface area contributed by atoms with Gasteiger partial charge in [0.05, 0.1) is 30.0 Å². The molecule has 3 N–H and O–H groups in total. The Bertz CT molecular complexity index is 1080. The molecule has 1 aliphatic rings. The van der Waals surface area contributed by atoms with Gasteiger partial charge in [-0.1, -0.05) is 5.57 Å². The van der Waals surface area contributed by atoms with Crippen molar-refractivity contribution in [3.63, 3.8) is 0 Å². The first-order chi connectivity index (χ1) is 15.3. The van der Waals surface area contributed by atoms with Crippen LogP contribution in [0.2, 0.25) is 0 Å². The van der Waals surface area contributed by atoms with Crippen LogP contribution in [0.5, 0.6) is 0 Å². The number of anilines is 2. The van der Waals surface area contributed by atoms with E-state index in [0.717, 1.165) is 24.1 Å². The van der Waals surface area contributed by atoms with Crippen LogP contribution in [0, 0.1) is 21.0 Å². The molecule has 1 amide bonds. The molecule has 0 aliphatic carbocycles. The Labute approximate surface area is 205 Å². The normalized spacial score (nSPS) is 15.2. The predicted octanol–water partition coefficient (Wildman–Crippen LogP) is 4.97. The second kappa shape index (κ2) is 9.63. The lowest BCUT2D eigenvalue weighted by Gasteiger charge is -2.48. The van der Waals surface area contributed by atoms with Crippen molar-refractivity contribution in [2.75, 3.05) is 25.0 Å². The smallest absolute Gasteiger partial charge is 0.256 e. The summed E-state index contributed by atoms with van der Waals surface area (Å²) in [5.41, 5.74) is -1.09. The van der Waals surface area contributed by atoms with E-state index in [1.54, 1.807) is 6.07 Å². The summed E-state index contributed by atoms with van der Waals surface area (Å²) in [5.74, 6) is -3.69. The standard InChI is InChI=1S/C24H27F3IN3O2/c1-14(2)10-23(3,4)29-11-24(33)12-31(13-24)22(32)16-6-7-17(25)20(27)21(16)30-19-8-5-15(28)9-18(19)26/h5-9,29-30,33H,1,10-13H2,2-4H3. The first-order valence-electron chi connectivity index (χ1n) is 10.4. The molecule has 1 saturated heterocycles. The summed E-state index contributed by atoms with van der Waals surface area (Å²) >= 11 is 1.93. The molecule has 0 atom stereocenters. The fourth-order valence-corrected chi connectivity index (χ4v) is 4.34. The highest BCUT2D eigenvalue weighted by Gasteiger charge is 2.45. The second-order valence-corrected chi connectivity index (χ2v) is 10.5. The van der Waals surface area contributed by atoms with E-state index in [2.05, 4.69) is 17.2 Å². The third kappa shape index (κ3) is 6.07. The Kier molecular flexibility index (Phi) is 7.45. The van der Waals surface area contributed by atoms with Crippen molar-refractivity contribution < 1.29 is 23.1 Å². The summed E-state index contributed by atoms with van der Waals surface area (Å²) in [6.45, 7) is 10.1. The number of benzene rings is 2. The topological polar surface area (TPSA) is 64.6 Å². The van der Waals surface area contributed by atoms with Crippen LogP contribution in [0.4, 0.5) is 24.5 Å². The summed E-state index contributed by atoms with van der Waals surface area (Å²) in [6, 6.07) is 6.23.